The van der Waals surface area contributed by atoms with Gasteiger partial charge in [0.2, 0.25) is 5.91 Å². The minimum Gasteiger partial charge on any atom is -0.352 e. The van der Waals surface area contributed by atoms with Crippen LogP contribution in [0.25, 0.3) is 0 Å². The van der Waals surface area contributed by atoms with Crippen molar-refractivity contribution in [3.63, 3.8) is 0 Å². The molecule has 1 aliphatic heterocycles. The summed E-state index contributed by atoms with van der Waals surface area (Å²) in [5.41, 5.74) is 0.379. The van der Waals surface area contributed by atoms with Gasteiger partial charge in [0.1, 0.15) is 11.6 Å². The molecule has 1 aromatic heterocycles. The summed E-state index contributed by atoms with van der Waals surface area (Å²) in [6, 6.07) is 5.32. The Morgan fingerprint density at radius 3 is 2.84 bits per heavy atom. The van der Waals surface area contributed by atoms with Crippen molar-refractivity contribution in [2.75, 3.05) is 19.6 Å². The first-order chi connectivity index (χ1) is 12.1. The number of likely N-dealkylation sites (tertiary alicyclic amines) is 1. The fourth-order valence-electron chi connectivity index (χ4n) is 3.07. The van der Waals surface area contributed by atoms with Gasteiger partial charge in [-0.3, -0.25) is 9.59 Å². The number of rotatable bonds is 5. The monoisotopic (exact) mass is 344 g/mol. The number of nitrogens with one attached hydrogen (secondary N) is 2. The van der Waals surface area contributed by atoms with Gasteiger partial charge >= 0.3 is 0 Å². The molecule has 1 aromatic carbocycles. The molecule has 1 unspecified atom stereocenters. The van der Waals surface area contributed by atoms with Gasteiger partial charge in [-0.05, 0) is 37.1 Å². The maximum absolute atomic E-state index is 12.9. The molecule has 1 aliphatic rings. The molecule has 6 nitrogen and oxygen atoms in total. The summed E-state index contributed by atoms with van der Waals surface area (Å²) in [7, 11) is 0. The van der Waals surface area contributed by atoms with Crippen LogP contribution in [0.15, 0.2) is 36.7 Å². The second-order valence-corrected chi connectivity index (χ2v) is 6.17. The number of aromatic amines is 1. The second-order valence-electron chi connectivity index (χ2n) is 6.17. The predicted molar refractivity (Wildman–Crippen MR) is 90.5 cm³/mol. The van der Waals surface area contributed by atoms with E-state index in [-0.39, 0.29) is 36.5 Å². The molecule has 2 amide bonds. The minimum atomic E-state index is -0.386. The number of amides is 2. The summed E-state index contributed by atoms with van der Waals surface area (Å²) in [5.74, 6) is 0.488. The van der Waals surface area contributed by atoms with Crippen LogP contribution in [0, 0.1) is 5.82 Å². The zero-order chi connectivity index (χ0) is 17.6. The first kappa shape index (κ1) is 17.1. The van der Waals surface area contributed by atoms with E-state index >= 15 is 0 Å². The highest BCUT2D eigenvalue weighted by atomic mass is 19.1. The van der Waals surface area contributed by atoms with Gasteiger partial charge in [0, 0.05) is 49.9 Å². The Labute approximate surface area is 145 Å². The van der Waals surface area contributed by atoms with Crippen LogP contribution < -0.4 is 5.32 Å². The number of carbonyl (C=O) groups excluding carboxylic acids is 2. The summed E-state index contributed by atoms with van der Waals surface area (Å²) in [6.07, 6.45) is 5.72. The topological polar surface area (TPSA) is 78.1 Å². The Kier molecular flexibility index (Phi) is 5.42. The molecule has 0 radical (unpaired) electrons. The van der Waals surface area contributed by atoms with Crippen LogP contribution in [0.4, 0.5) is 4.39 Å². The predicted octanol–water partition coefficient (Wildman–Crippen LogP) is 2.07. The van der Waals surface area contributed by atoms with Crippen molar-refractivity contribution in [2.24, 2.45) is 0 Å². The third-order valence-electron chi connectivity index (χ3n) is 4.41. The molecule has 0 aliphatic carbocycles. The normalized spacial score (nSPS) is 17.3. The lowest BCUT2D eigenvalue weighted by atomic mass is 9.97. The SMILES string of the molecule is O=C(NCCC(=O)N1CCCC(c2ncc[nH]2)C1)c1ccc(F)cc1. The van der Waals surface area contributed by atoms with Crippen LogP contribution in [0.1, 0.15) is 41.4 Å². The van der Waals surface area contributed by atoms with E-state index in [0.29, 0.717) is 12.1 Å². The second kappa shape index (κ2) is 7.92. The van der Waals surface area contributed by atoms with Crippen molar-refractivity contribution in [1.29, 1.82) is 0 Å². The molecule has 2 heterocycles. The van der Waals surface area contributed by atoms with Gasteiger partial charge in [-0.1, -0.05) is 0 Å². The Bertz CT molecular complexity index is 715. The van der Waals surface area contributed by atoms with Crippen molar-refractivity contribution in [3.8, 4) is 0 Å². The van der Waals surface area contributed by atoms with Crippen molar-refractivity contribution < 1.29 is 14.0 Å². The van der Waals surface area contributed by atoms with E-state index in [2.05, 4.69) is 15.3 Å². The standard InChI is InChI=1S/C18H21FN4O2/c19-15-5-3-13(4-6-15)18(25)22-8-7-16(24)23-11-1-2-14(12-23)17-20-9-10-21-17/h3-6,9-10,14H,1-2,7-8,11-12H2,(H,20,21)(H,22,25). The summed E-state index contributed by atoms with van der Waals surface area (Å²) in [4.78, 5) is 33.6. The van der Waals surface area contributed by atoms with E-state index in [9.17, 15) is 14.0 Å². The number of aromatic nitrogens is 2. The fraction of sp³-hybridized carbons (Fsp3) is 0.389. The first-order valence-corrected chi connectivity index (χ1v) is 8.44. The van der Waals surface area contributed by atoms with Gasteiger partial charge in [-0.2, -0.15) is 0 Å². The van der Waals surface area contributed by atoms with Crippen LogP contribution in [-0.4, -0.2) is 46.3 Å². The molecule has 2 N–H and O–H groups in total. The van der Waals surface area contributed by atoms with Crippen LogP contribution in [0.3, 0.4) is 0 Å². The summed E-state index contributed by atoms with van der Waals surface area (Å²) in [5, 5.41) is 2.70. The number of piperidine rings is 1. The molecule has 25 heavy (non-hydrogen) atoms. The van der Waals surface area contributed by atoms with Crippen LogP contribution in [-0.2, 0) is 4.79 Å². The molecule has 132 valence electrons. The molecule has 7 heteroatoms. The number of carbonyl (C=O) groups is 2. The van der Waals surface area contributed by atoms with Crippen molar-refractivity contribution in [3.05, 3.63) is 53.9 Å². The van der Waals surface area contributed by atoms with Crippen LogP contribution in [0.2, 0.25) is 0 Å². The first-order valence-electron chi connectivity index (χ1n) is 8.44. The van der Waals surface area contributed by atoms with Crippen molar-refractivity contribution in [1.82, 2.24) is 20.2 Å². The summed E-state index contributed by atoms with van der Waals surface area (Å²) >= 11 is 0. The number of benzene rings is 1. The van der Waals surface area contributed by atoms with Crippen LogP contribution >= 0.6 is 0 Å². The Morgan fingerprint density at radius 1 is 1.32 bits per heavy atom. The third-order valence-corrected chi connectivity index (χ3v) is 4.41. The van der Waals surface area contributed by atoms with Gasteiger partial charge in [0.25, 0.3) is 5.91 Å². The van der Waals surface area contributed by atoms with Gasteiger partial charge in [0.05, 0.1) is 0 Å². The highest BCUT2D eigenvalue weighted by Gasteiger charge is 2.25. The van der Waals surface area contributed by atoms with Crippen LogP contribution in [0.5, 0.6) is 0 Å². The quantitative estimate of drug-likeness (QED) is 0.872. The molecule has 0 saturated carbocycles. The van der Waals surface area contributed by atoms with E-state index < -0.39 is 0 Å². The average Bonchev–Trinajstić information content (AvgIpc) is 3.17. The largest absolute Gasteiger partial charge is 0.352 e. The van der Waals surface area contributed by atoms with Crippen molar-refractivity contribution in [2.45, 2.75) is 25.2 Å². The highest BCUT2D eigenvalue weighted by Crippen LogP contribution is 2.24. The number of hydrogen-bond donors (Lipinski definition) is 2. The van der Waals surface area contributed by atoms with E-state index in [4.69, 9.17) is 0 Å². The smallest absolute Gasteiger partial charge is 0.251 e. The van der Waals surface area contributed by atoms with Gasteiger partial charge in [-0.15, -0.1) is 0 Å². The zero-order valence-electron chi connectivity index (χ0n) is 13.9. The zero-order valence-corrected chi connectivity index (χ0v) is 13.9. The van der Waals surface area contributed by atoms with E-state index in [1.54, 1.807) is 12.4 Å². The average molecular weight is 344 g/mol. The van der Waals surface area contributed by atoms with Gasteiger partial charge < -0.3 is 15.2 Å². The van der Waals surface area contributed by atoms with E-state index in [1.165, 1.54) is 24.3 Å². The number of hydrogen-bond acceptors (Lipinski definition) is 3. The lowest BCUT2D eigenvalue weighted by molar-refractivity contribution is -0.132. The number of H-pyrrole nitrogens is 1. The Morgan fingerprint density at radius 2 is 2.12 bits per heavy atom. The van der Waals surface area contributed by atoms with E-state index in [1.807, 2.05) is 4.90 Å². The minimum absolute atomic E-state index is 0.0238. The molecule has 1 saturated heterocycles. The molecule has 1 fully saturated rings. The Balaban J connectivity index is 1.45. The third kappa shape index (κ3) is 4.43. The summed E-state index contributed by atoms with van der Waals surface area (Å²) in [6.45, 7) is 1.65. The number of imidazole rings is 1. The summed E-state index contributed by atoms with van der Waals surface area (Å²) < 4.78 is 12.9. The fourth-order valence-corrected chi connectivity index (χ4v) is 3.07. The number of nitrogens with zero attached hydrogens (tertiary/aromatic N) is 2. The molecular weight excluding hydrogens is 323 g/mol. The lowest BCUT2D eigenvalue weighted by Gasteiger charge is -2.32. The molecular formula is C18H21FN4O2. The number of halogens is 1. The van der Waals surface area contributed by atoms with Gasteiger partial charge in [-0.25, -0.2) is 9.37 Å². The molecule has 1 atom stereocenters. The van der Waals surface area contributed by atoms with E-state index in [0.717, 1.165) is 25.2 Å². The maximum atomic E-state index is 12.9. The molecule has 3 rings (SSSR count). The lowest BCUT2D eigenvalue weighted by Crippen LogP contribution is -2.40. The maximum Gasteiger partial charge on any atom is 0.251 e. The molecule has 2 aromatic rings. The van der Waals surface area contributed by atoms with Crippen molar-refractivity contribution >= 4 is 11.8 Å². The Hall–Kier alpha value is -2.70. The van der Waals surface area contributed by atoms with Gasteiger partial charge in [0.15, 0.2) is 0 Å². The highest BCUT2D eigenvalue weighted by molar-refractivity contribution is 5.94. The molecule has 0 bridgehead atoms. The molecule has 0 spiro atoms.